The van der Waals surface area contributed by atoms with Crippen LogP contribution in [0, 0.1) is 0 Å². The molecule has 1 rings (SSSR count). The molecule has 0 heterocycles. The molecular weight excluding hydrogens is 258 g/mol. The maximum atomic E-state index is 11.0. The van der Waals surface area contributed by atoms with Crippen LogP contribution in [0.15, 0.2) is 16.6 Å². The highest BCUT2D eigenvalue weighted by atomic mass is 79.9. The van der Waals surface area contributed by atoms with Crippen molar-refractivity contribution in [3.8, 4) is 5.75 Å². The number of nitrogens with one attached hydrogen (secondary N) is 1. The van der Waals surface area contributed by atoms with E-state index in [-0.39, 0.29) is 0 Å². The molecule has 0 aromatic heterocycles. The van der Waals surface area contributed by atoms with E-state index in [1.54, 1.807) is 13.2 Å². The van der Waals surface area contributed by atoms with Gasteiger partial charge >= 0.3 is 0 Å². The Hall–Kier alpha value is -0.870. The van der Waals surface area contributed by atoms with Crippen molar-refractivity contribution in [2.45, 2.75) is 6.42 Å². The molecule has 0 radical (unpaired) electrons. The second-order valence-corrected chi connectivity index (χ2v) is 4.07. The Morgan fingerprint density at radius 1 is 1.53 bits per heavy atom. The lowest BCUT2D eigenvalue weighted by atomic mass is 10.0. The zero-order chi connectivity index (χ0) is 11.3. The standard InChI is InChI=1S/C11H14BrNO2/c1-13-4-3-8-5-9(12)6-11(15-2)10(8)7-14/h5-7,13H,3-4H2,1-2H3. The van der Waals surface area contributed by atoms with Gasteiger partial charge in [-0.15, -0.1) is 0 Å². The van der Waals surface area contributed by atoms with Crippen LogP contribution in [0.1, 0.15) is 15.9 Å². The zero-order valence-electron chi connectivity index (χ0n) is 8.84. The summed E-state index contributed by atoms with van der Waals surface area (Å²) in [5, 5.41) is 3.05. The van der Waals surface area contributed by atoms with Crippen molar-refractivity contribution >= 4 is 22.2 Å². The van der Waals surface area contributed by atoms with Crippen LogP contribution >= 0.6 is 15.9 Å². The number of ether oxygens (including phenoxy) is 1. The Labute approximate surface area is 97.9 Å². The van der Waals surface area contributed by atoms with Crippen LogP contribution in [0.4, 0.5) is 0 Å². The van der Waals surface area contributed by atoms with E-state index in [4.69, 9.17) is 4.74 Å². The highest BCUT2D eigenvalue weighted by molar-refractivity contribution is 9.10. The summed E-state index contributed by atoms with van der Waals surface area (Å²) >= 11 is 3.39. The van der Waals surface area contributed by atoms with Crippen LogP contribution in [-0.4, -0.2) is 27.0 Å². The fourth-order valence-corrected chi connectivity index (χ4v) is 1.90. The molecule has 4 heteroatoms. The number of hydrogen-bond acceptors (Lipinski definition) is 3. The van der Waals surface area contributed by atoms with Crippen molar-refractivity contribution in [3.05, 3.63) is 27.7 Å². The van der Waals surface area contributed by atoms with E-state index in [0.29, 0.717) is 11.3 Å². The third-order valence-electron chi connectivity index (χ3n) is 2.17. The van der Waals surface area contributed by atoms with Gasteiger partial charge in [-0.1, -0.05) is 15.9 Å². The smallest absolute Gasteiger partial charge is 0.154 e. The summed E-state index contributed by atoms with van der Waals surface area (Å²) in [6, 6.07) is 3.75. The summed E-state index contributed by atoms with van der Waals surface area (Å²) in [6.07, 6.45) is 1.65. The molecule has 0 atom stereocenters. The minimum absolute atomic E-state index is 0.616. The molecule has 0 bridgehead atoms. The summed E-state index contributed by atoms with van der Waals surface area (Å²) < 4.78 is 6.08. The van der Waals surface area contributed by atoms with E-state index in [9.17, 15) is 4.79 Å². The second-order valence-electron chi connectivity index (χ2n) is 3.15. The summed E-state index contributed by atoms with van der Waals surface area (Å²) in [5.74, 6) is 0.616. The minimum atomic E-state index is 0.616. The monoisotopic (exact) mass is 271 g/mol. The molecule has 0 aliphatic rings. The van der Waals surface area contributed by atoms with Crippen molar-refractivity contribution in [3.63, 3.8) is 0 Å². The SMILES string of the molecule is CNCCc1cc(Br)cc(OC)c1C=O. The molecule has 0 unspecified atom stereocenters. The van der Waals surface area contributed by atoms with Crippen LogP contribution in [0.5, 0.6) is 5.75 Å². The molecule has 3 nitrogen and oxygen atoms in total. The van der Waals surface area contributed by atoms with Gasteiger partial charge in [0.05, 0.1) is 12.7 Å². The summed E-state index contributed by atoms with van der Waals surface area (Å²) in [7, 11) is 3.45. The largest absolute Gasteiger partial charge is 0.496 e. The lowest BCUT2D eigenvalue weighted by Gasteiger charge is -2.10. The number of methoxy groups -OCH3 is 1. The Balaban J connectivity index is 3.10. The number of hydrogen-bond donors (Lipinski definition) is 1. The first-order valence-electron chi connectivity index (χ1n) is 4.69. The van der Waals surface area contributed by atoms with Crippen LogP contribution in [0.2, 0.25) is 0 Å². The van der Waals surface area contributed by atoms with Gasteiger partial charge in [-0.3, -0.25) is 4.79 Å². The van der Waals surface area contributed by atoms with Crippen molar-refractivity contribution in [1.82, 2.24) is 5.32 Å². The number of rotatable bonds is 5. The average Bonchev–Trinajstić information content (AvgIpc) is 2.25. The van der Waals surface area contributed by atoms with Crippen LogP contribution in [0.3, 0.4) is 0 Å². The molecule has 0 saturated carbocycles. The van der Waals surface area contributed by atoms with Crippen molar-refractivity contribution < 1.29 is 9.53 Å². The highest BCUT2D eigenvalue weighted by Gasteiger charge is 2.09. The average molecular weight is 272 g/mol. The number of likely N-dealkylation sites (N-methyl/N-ethyl adjacent to an activating group) is 1. The predicted octanol–water partition coefficient (Wildman–Crippen LogP) is 2.03. The summed E-state index contributed by atoms with van der Waals surface area (Å²) in [6.45, 7) is 0.834. The number of aldehydes is 1. The molecule has 1 aromatic carbocycles. The maximum Gasteiger partial charge on any atom is 0.154 e. The third kappa shape index (κ3) is 3.04. The molecule has 0 aliphatic carbocycles. The Morgan fingerprint density at radius 2 is 2.27 bits per heavy atom. The van der Waals surface area contributed by atoms with Crippen molar-refractivity contribution in [1.29, 1.82) is 0 Å². The van der Waals surface area contributed by atoms with E-state index in [2.05, 4.69) is 21.2 Å². The highest BCUT2D eigenvalue weighted by Crippen LogP contribution is 2.26. The second kappa shape index (κ2) is 5.88. The first-order valence-corrected chi connectivity index (χ1v) is 5.48. The Bertz CT molecular complexity index is 353. The van der Waals surface area contributed by atoms with Gasteiger partial charge in [-0.25, -0.2) is 0 Å². The molecular formula is C11H14BrNO2. The maximum absolute atomic E-state index is 11.0. The first kappa shape index (κ1) is 12.2. The van der Waals surface area contributed by atoms with Crippen LogP contribution in [0.25, 0.3) is 0 Å². The minimum Gasteiger partial charge on any atom is -0.496 e. The van der Waals surface area contributed by atoms with Crippen LogP contribution in [-0.2, 0) is 6.42 Å². The first-order chi connectivity index (χ1) is 7.22. The molecule has 1 N–H and O–H groups in total. The van der Waals surface area contributed by atoms with Crippen LogP contribution < -0.4 is 10.1 Å². The normalized spacial score (nSPS) is 10.1. The van der Waals surface area contributed by atoms with Gasteiger partial charge in [-0.05, 0) is 37.7 Å². The Morgan fingerprint density at radius 3 is 2.80 bits per heavy atom. The van der Waals surface area contributed by atoms with Gasteiger partial charge in [0.1, 0.15) is 5.75 Å². The molecule has 0 aliphatic heterocycles. The Kier molecular flexibility index (Phi) is 4.78. The van der Waals surface area contributed by atoms with Gasteiger partial charge in [-0.2, -0.15) is 0 Å². The summed E-state index contributed by atoms with van der Waals surface area (Å²) in [4.78, 5) is 11.0. The number of carbonyl (C=O) groups excluding carboxylic acids is 1. The lowest BCUT2D eigenvalue weighted by Crippen LogP contribution is -2.12. The molecule has 0 fully saturated rings. The van der Waals surface area contributed by atoms with Gasteiger partial charge < -0.3 is 10.1 Å². The predicted molar refractivity (Wildman–Crippen MR) is 63.7 cm³/mol. The van der Waals surface area contributed by atoms with E-state index in [1.807, 2.05) is 13.1 Å². The van der Waals surface area contributed by atoms with Gasteiger partial charge in [0, 0.05) is 4.47 Å². The molecule has 0 spiro atoms. The number of halogens is 1. The van der Waals surface area contributed by atoms with E-state index < -0.39 is 0 Å². The zero-order valence-corrected chi connectivity index (χ0v) is 10.4. The van der Waals surface area contributed by atoms with Gasteiger partial charge in [0.15, 0.2) is 6.29 Å². The van der Waals surface area contributed by atoms with Crippen molar-refractivity contribution in [2.24, 2.45) is 0 Å². The van der Waals surface area contributed by atoms with Crippen molar-refractivity contribution in [2.75, 3.05) is 20.7 Å². The molecule has 82 valence electrons. The molecule has 1 aromatic rings. The third-order valence-corrected chi connectivity index (χ3v) is 2.63. The molecule has 0 saturated heterocycles. The lowest BCUT2D eigenvalue weighted by molar-refractivity contribution is 0.111. The number of carbonyl (C=O) groups is 1. The molecule has 15 heavy (non-hydrogen) atoms. The fraction of sp³-hybridized carbons (Fsp3) is 0.364. The topological polar surface area (TPSA) is 38.3 Å². The van der Waals surface area contributed by atoms with E-state index in [1.165, 1.54) is 0 Å². The molecule has 0 amide bonds. The van der Waals surface area contributed by atoms with E-state index >= 15 is 0 Å². The van der Waals surface area contributed by atoms with Gasteiger partial charge in [0.2, 0.25) is 0 Å². The summed E-state index contributed by atoms with van der Waals surface area (Å²) in [5.41, 5.74) is 1.63. The number of benzene rings is 1. The quantitative estimate of drug-likeness (QED) is 0.833. The fourth-order valence-electron chi connectivity index (χ4n) is 1.42. The van der Waals surface area contributed by atoms with E-state index in [0.717, 1.165) is 29.3 Å². The van der Waals surface area contributed by atoms with Gasteiger partial charge in [0.25, 0.3) is 0 Å².